The molecule has 0 bridgehead atoms. The number of amides is 1. The first-order chi connectivity index (χ1) is 12.3. The normalized spacial score (nSPS) is 17.2. The first-order valence-electron chi connectivity index (χ1n) is 8.90. The SMILES string of the molecule is COC[C@H](C)NC(=O)CN(C1CCCCC1)S(=O)(=O)c1ccc(F)cc1. The predicted molar refractivity (Wildman–Crippen MR) is 96.6 cm³/mol. The van der Waals surface area contributed by atoms with Crippen LogP contribution in [0.2, 0.25) is 0 Å². The Bertz CT molecular complexity index is 688. The number of halogens is 1. The fraction of sp³-hybridized carbons (Fsp3) is 0.611. The van der Waals surface area contributed by atoms with Gasteiger partial charge in [-0.15, -0.1) is 0 Å². The number of carbonyl (C=O) groups excluding carboxylic acids is 1. The molecule has 1 fully saturated rings. The molecule has 2 rings (SSSR count). The molecule has 8 heteroatoms. The van der Waals surface area contributed by atoms with Gasteiger partial charge < -0.3 is 10.1 Å². The van der Waals surface area contributed by atoms with Crippen molar-refractivity contribution in [3.8, 4) is 0 Å². The molecule has 0 radical (unpaired) electrons. The van der Waals surface area contributed by atoms with E-state index in [9.17, 15) is 17.6 Å². The van der Waals surface area contributed by atoms with Crippen molar-refractivity contribution in [3.63, 3.8) is 0 Å². The highest BCUT2D eigenvalue weighted by atomic mass is 32.2. The number of hydrogen-bond donors (Lipinski definition) is 1. The number of benzene rings is 1. The standard InChI is InChI=1S/C18H27FN2O4S/c1-14(13-25-2)20-18(22)12-21(16-6-4-3-5-7-16)26(23,24)17-10-8-15(19)9-11-17/h8-11,14,16H,3-7,12-13H2,1-2H3,(H,20,22)/t14-/m0/s1. The minimum Gasteiger partial charge on any atom is -0.383 e. The van der Waals surface area contributed by atoms with Gasteiger partial charge in [0, 0.05) is 19.2 Å². The summed E-state index contributed by atoms with van der Waals surface area (Å²) in [6.07, 6.45) is 4.38. The Labute approximate surface area is 154 Å². The van der Waals surface area contributed by atoms with Gasteiger partial charge >= 0.3 is 0 Å². The van der Waals surface area contributed by atoms with Crippen molar-refractivity contribution in [2.75, 3.05) is 20.3 Å². The number of hydrogen-bond acceptors (Lipinski definition) is 4. The van der Waals surface area contributed by atoms with Crippen molar-refractivity contribution in [2.45, 2.75) is 56.0 Å². The van der Waals surface area contributed by atoms with E-state index in [1.54, 1.807) is 6.92 Å². The quantitative estimate of drug-likeness (QED) is 0.744. The number of rotatable bonds is 8. The largest absolute Gasteiger partial charge is 0.383 e. The minimum absolute atomic E-state index is 0.00205. The molecule has 6 nitrogen and oxygen atoms in total. The molecule has 1 amide bonds. The molecule has 1 aliphatic rings. The first-order valence-corrected chi connectivity index (χ1v) is 10.3. The van der Waals surface area contributed by atoms with E-state index in [-0.39, 0.29) is 29.4 Å². The summed E-state index contributed by atoms with van der Waals surface area (Å²) in [6, 6.07) is 4.29. The second-order valence-corrected chi connectivity index (χ2v) is 8.61. The lowest BCUT2D eigenvalue weighted by Gasteiger charge is -2.33. The number of carbonyl (C=O) groups is 1. The average Bonchev–Trinajstić information content (AvgIpc) is 2.61. The van der Waals surface area contributed by atoms with Crippen molar-refractivity contribution in [1.29, 1.82) is 0 Å². The van der Waals surface area contributed by atoms with Crippen molar-refractivity contribution < 1.29 is 22.3 Å². The van der Waals surface area contributed by atoms with Crippen LogP contribution in [0.1, 0.15) is 39.0 Å². The van der Waals surface area contributed by atoms with Crippen molar-refractivity contribution in [3.05, 3.63) is 30.1 Å². The number of nitrogens with one attached hydrogen (secondary N) is 1. The van der Waals surface area contributed by atoms with Crippen LogP contribution in [0.4, 0.5) is 4.39 Å². The number of methoxy groups -OCH3 is 1. The maximum atomic E-state index is 13.2. The van der Waals surface area contributed by atoms with Gasteiger partial charge in [0.2, 0.25) is 15.9 Å². The molecular weight excluding hydrogens is 359 g/mol. The zero-order valence-corrected chi connectivity index (χ0v) is 16.1. The van der Waals surface area contributed by atoms with Crippen LogP contribution in [0, 0.1) is 5.82 Å². The van der Waals surface area contributed by atoms with Crippen LogP contribution in [-0.4, -0.2) is 51.0 Å². The topological polar surface area (TPSA) is 75.7 Å². The van der Waals surface area contributed by atoms with E-state index in [0.29, 0.717) is 6.61 Å². The molecular formula is C18H27FN2O4S. The van der Waals surface area contributed by atoms with E-state index in [1.165, 1.54) is 23.5 Å². The summed E-state index contributed by atoms with van der Waals surface area (Å²) in [5.41, 5.74) is 0. The fourth-order valence-corrected chi connectivity index (χ4v) is 4.92. The van der Waals surface area contributed by atoms with E-state index in [4.69, 9.17) is 4.74 Å². The van der Waals surface area contributed by atoms with Crippen LogP contribution in [0.5, 0.6) is 0 Å². The lowest BCUT2D eigenvalue weighted by Crippen LogP contribution is -2.49. The zero-order valence-electron chi connectivity index (χ0n) is 15.3. The van der Waals surface area contributed by atoms with Crippen molar-refractivity contribution in [2.24, 2.45) is 0 Å². The molecule has 0 spiro atoms. The van der Waals surface area contributed by atoms with E-state index in [2.05, 4.69) is 5.32 Å². The Hall–Kier alpha value is -1.51. The Morgan fingerprint density at radius 2 is 1.88 bits per heavy atom. The molecule has 1 aromatic rings. The number of nitrogens with zero attached hydrogens (tertiary/aromatic N) is 1. The van der Waals surface area contributed by atoms with Crippen LogP contribution < -0.4 is 5.32 Å². The van der Waals surface area contributed by atoms with Gasteiger partial charge in [0.15, 0.2) is 0 Å². The lowest BCUT2D eigenvalue weighted by molar-refractivity contribution is -0.122. The monoisotopic (exact) mass is 386 g/mol. The molecule has 0 unspecified atom stereocenters. The van der Waals surface area contributed by atoms with Crippen molar-refractivity contribution >= 4 is 15.9 Å². The summed E-state index contributed by atoms with van der Waals surface area (Å²) in [5.74, 6) is -0.870. The Morgan fingerprint density at radius 1 is 1.27 bits per heavy atom. The molecule has 0 aliphatic heterocycles. The Kier molecular flexibility index (Phi) is 7.55. The number of ether oxygens (including phenoxy) is 1. The highest BCUT2D eigenvalue weighted by Gasteiger charge is 2.34. The molecule has 1 aliphatic carbocycles. The van der Waals surface area contributed by atoms with Gasteiger partial charge in [-0.05, 0) is 44.0 Å². The van der Waals surface area contributed by atoms with Gasteiger partial charge in [-0.2, -0.15) is 4.31 Å². The van der Waals surface area contributed by atoms with E-state index in [0.717, 1.165) is 44.2 Å². The highest BCUT2D eigenvalue weighted by molar-refractivity contribution is 7.89. The fourth-order valence-electron chi connectivity index (χ4n) is 3.27. The molecule has 1 aromatic carbocycles. The first kappa shape index (κ1) is 20.8. The van der Waals surface area contributed by atoms with E-state index >= 15 is 0 Å². The zero-order chi connectivity index (χ0) is 19.2. The van der Waals surface area contributed by atoms with Crippen LogP contribution in [0.25, 0.3) is 0 Å². The second kappa shape index (κ2) is 9.43. The van der Waals surface area contributed by atoms with Gasteiger partial charge in [0.05, 0.1) is 18.0 Å². The molecule has 0 heterocycles. The summed E-state index contributed by atoms with van der Waals surface area (Å²) in [6.45, 7) is 1.89. The maximum Gasteiger partial charge on any atom is 0.243 e. The summed E-state index contributed by atoms with van der Waals surface area (Å²) >= 11 is 0. The minimum atomic E-state index is -3.89. The van der Waals surface area contributed by atoms with Crippen LogP contribution in [-0.2, 0) is 19.6 Å². The van der Waals surface area contributed by atoms with Gasteiger partial charge in [0.1, 0.15) is 5.82 Å². The molecule has 146 valence electrons. The lowest BCUT2D eigenvalue weighted by atomic mass is 9.95. The van der Waals surface area contributed by atoms with Crippen LogP contribution in [0.15, 0.2) is 29.2 Å². The Balaban J connectivity index is 2.22. The van der Waals surface area contributed by atoms with Gasteiger partial charge in [-0.3, -0.25) is 4.79 Å². The summed E-state index contributed by atoms with van der Waals surface area (Å²) < 4.78 is 45.6. The molecule has 1 saturated carbocycles. The molecule has 26 heavy (non-hydrogen) atoms. The maximum absolute atomic E-state index is 13.2. The highest BCUT2D eigenvalue weighted by Crippen LogP contribution is 2.27. The van der Waals surface area contributed by atoms with E-state index in [1.807, 2.05) is 0 Å². The summed E-state index contributed by atoms with van der Waals surface area (Å²) in [5, 5.41) is 2.75. The third-order valence-electron chi connectivity index (χ3n) is 4.53. The molecule has 0 aromatic heterocycles. The Morgan fingerprint density at radius 3 is 2.46 bits per heavy atom. The predicted octanol–water partition coefficient (Wildman–Crippen LogP) is 2.30. The molecule has 0 saturated heterocycles. The molecule has 1 atom stereocenters. The van der Waals surface area contributed by atoms with Crippen LogP contribution in [0.3, 0.4) is 0 Å². The molecule has 1 N–H and O–H groups in total. The summed E-state index contributed by atoms with van der Waals surface area (Å²) in [4.78, 5) is 12.4. The van der Waals surface area contributed by atoms with Crippen LogP contribution >= 0.6 is 0 Å². The van der Waals surface area contributed by atoms with Gasteiger partial charge in [-0.25, -0.2) is 12.8 Å². The van der Waals surface area contributed by atoms with Gasteiger partial charge in [-0.1, -0.05) is 19.3 Å². The smallest absolute Gasteiger partial charge is 0.243 e. The summed E-state index contributed by atoms with van der Waals surface area (Å²) in [7, 11) is -2.35. The second-order valence-electron chi connectivity index (χ2n) is 6.72. The third-order valence-corrected chi connectivity index (χ3v) is 6.44. The third kappa shape index (κ3) is 5.49. The van der Waals surface area contributed by atoms with Crippen molar-refractivity contribution in [1.82, 2.24) is 9.62 Å². The van der Waals surface area contributed by atoms with Gasteiger partial charge in [0.25, 0.3) is 0 Å². The number of sulfonamides is 1. The average molecular weight is 386 g/mol. The van der Waals surface area contributed by atoms with E-state index < -0.39 is 15.8 Å².